The third kappa shape index (κ3) is 4.61. The van der Waals surface area contributed by atoms with Gasteiger partial charge in [0.15, 0.2) is 11.0 Å². The number of nitrogens with zero attached hydrogens (tertiary/aromatic N) is 3. The molecule has 4 rings (SSSR count). The highest BCUT2D eigenvalue weighted by molar-refractivity contribution is 7.99. The number of hydrogen-bond donors (Lipinski definition) is 1. The molecule has 6 nitrogen and oxygen atoms in total. The van der Waals surface area contributed by atoms with E-state index in [1.165, 1.54) is 6.07 Å². The molecule has 1 aromatic heterocycles. The fraction of sp³-hybridized carbons (Fsp3) is 0.0909. The molecule has 0 unspecified atom stereocenters. The molecule has 3 aromatic carbocycles. The SMILES string of the molecule is CCSc1nnc(-c2cccc(S(=O)(=O)Nc3ccccc3Cl)c2)n1-c1ccccc1. The van der Waals surface area contributed by atoms with Crippen molar-refractivity contribution in [1.29, 1.82) is 0 Å². The summed E-state index contributed by atoms with van der Waals surface area (Å²) in [5, 5.41) is 9.75. The predicted molar refractivity (Wildman–Crippen MR) is 125 cm³/mol. The molecule has 0 saturated carbocycles. The molecular formula is C22H19ClN4O2S2. The molecule has 1 N–H and O–H groups in total. The zero-order chi connectivity index (χ0) is 21.8. The van der Waals surface area contributed by atoms with Gasteiger partial charge in [-0.05, 0) is 42.2 Å². The zero-order valence-electron chi connectivity index (χ0n) is 16.6. The van der Waals surface area contributed by atoms with E-state index < -0.39 is 10.0 Å². The van der Waals surface area contributed by atoms with Crippen LogP contribution in [-0.2, 0) is 10.0 Å². The molecule has 0 fully saturated rings. The monoisotopic (exact) mass is 470 g/mol. The molecular weight excluding hydrogens is 452 g/mol. The van der Waals surface area contributed by atoms with Gasteiger partial charge in [0.05, 0.1) is 15.6 Å². The quantitative estimate of drug-likeness (QED) is 0.361. The van der Waals surface area contributed by atoms with Crippen molar-refractivity contribution < 1.29 is 8.42 Å². The van der Waals surface area contributed by atoms with Crippen LogP contribution in [0.4, 0.5) is 5.69 Å². The number of benzene rings is 3. The summed E-state index contributed by atoms with van der Waals surface area (Å²) in [5.41, 5.74) is 1.87. The number of aromatic nitrogens is 3. The standard InChI is InChI=1S/C22H19ClN4O2S2/c1-2-30-22-25-24-21(27(22)17-10-4-3-5-11-17)16-9-8-12-18(15-16)31(28,29)26-20-14-7-6-13-19(20)23/h3-15,26H,2H2,1H3. The molecule has 158 valence electrons. The van der Waals surface area contributed by atoms with Gasteiger partial charge in [-0.15, -0.1) is 10.2 Å². The minimum Gasteiger partial charge on any atom is -0.278 e. The third-order valence-electron chi connectivity index (χ3n) is 4.44. The van der Waals surface area contributed by atoms with Gasteiger partial charge in [0.2, 0.25) is 0 Å². The fourth-order valence-corrected chi connectivity index (χ4v) is 5.08. The Morgan fingerprint density at radius 2 is 1.71 bits per heavy atom. The molecule has 0 aliphatic heterocycles. The second-order valence-corrected chi connectivity index (χ2v) is 9.84. The van der Waals surface area contributed by atoms with Gasteiger partial charge < -0.3 is 0 Å². The number of para-hydroxylation sites is 2. The maximum Gasteiger partial charge on any atom is 0.261 e. The van der Waals surface area contributed by atoms with Gasteiger partial charge in [0.1, 0.15) is 0 Å². The van der Waals surface area contributed by atoms with Crippen LogP contribution in [0.15, 0.2) is 88.9 Å². The van der Waals surface area contributed by atoms with Gasteiger partial charge in [-0.3, -0.25) is 9.29 Å². The molecule has 4 aromatic rings. The van der Waals surface area contributed by atoms with Crippen LogP contribution in [0.25, 0.3) is 17.1 Å². The van der Waals surface area contributed by atoms with Crippen molar-refractivity contribution in [2.75, 3.05) is 10.5 Å². The van der Waals surface area contributed by atoms with Crippen molar-refractivity contribution in [2.24, 2.45) is 0 Å². The van der Waals surface area contributed by atoms with Crippen LogP contribution in [0.5, 0.6) is 0 Å². The molecule has 9 heteroatoms. The van der Waals surface area contributed by atoms with Crippen molar-refractivity contribution in [1.82, 2.24) is 14.8 Å². The summed E-state index contributed by atoms with van der Waals surface area (Å²) in [6.45, 7) is 2.04. The van der Waals surface area contributed by atoms with E-state index in [1.54, 1.807) is 48.2 Å². The topological polar surface area (TPSA) is 76.9 Å². The Balaban J connectivity index is 1.77. The van der Waals surface area contributed by atoms with E-state index in [0.29, 0.717) is 22.1 Å². The summed E-state index contributed by atoms with van der Waals surface area (Å²) in [4.78, 5) is 0.109. The molecule has 1 heterocycles. The third-order valence-corrected chi connectivity index (χ3v) is 6.95. The first-order chi connectivity index (χ1) is 15.0. The molecule has 0 spiro atoms. The van der Waals surface area contributed by atoms with E-state index in [2.05, 4.69) is 14.9 Å². The molecule has 0 amide bonds. The molecule has 0 saturated heterocycles. The van der Waals surface area contributed by atoms with Crippen LogP contribution in [0.1, 0.15) is 6.92 Å². The van der Waals surface area contributed by atoms with Crippen molar-refractivity contribution in [3.63, 3.8) is 0 Å². The lowest BCUT2D eigenvalue weighted by molar-refractivity contribution is 0.601. The van der Waals surface area contributed by atoms with E-state index in [0.717, 1.165) is 16.6 Å². The summed E-state index contributed by atoms with van der Waals surface area (Å²) in [5.74, 6) is 1.40. The fourth-order valence-electron chi connectivity index (χ4n) is 3.04. The maximum absolute atomic E-state index is 13.0. The second-order valence-electron chi connectivity index (χ2n) is 6.52. The van der Waals surface area contributed by atoms with Crippen molar-refractivity contribution >= 4 is 39.1 Å². The number of nitrogens with one attached hydrogen (secondary N) is 1. The molecule has 0 atom stereocenters. The van der Waals surface area contributed by atoms with Gasteiger partial charge >= 0.3 is 0 Å². The first-order valence-electron chi connectivity index (χ1n) is 9.51. The largest absolute Gasteiger partial charge is 0.278 e. The lowest BCUT2D eigenvalue weighted by Gasteiger charge is -2.12. The summed E-state index contributed by atoms with van der Waals surface area (Å²) in [7, 11) is -3.84. The van der Waals surface area contributed by atoms with E-state index in [9.17, 15) is 8.42 Å². The van der Waals surface area contributed by atoms with E-state index in [-0.39, 0.29) is 4.90 Å². The van der Waals surface area contributed by atoms with Crippen molar-refractivity contribution in [3.8, 4) is 17.1 Å². The number of sulfonamides is 1. The Morgan fingerprint density at radius 3 is 2.45 bits per heavy atom. The number of hydrogen-bond acceptors (Lipinski definition) is 5. The van der Waals surface area contributed by atoms with Gasteiger partial charge in [-0.2, -0.15) is 0 Å². The van der Waals surface area contributed by atoms with E-state index in [4.69, 9.17) is 11.6 Å². The van der Waals surface area contributed by atoms with E-state index in [1.807, 2.05) is 47.9 Å². The maximum atomic E-state index is 13.0. The number of rotatable bonds is 7. The first-order valence-corrected chi connectivity index (χ1v) is 12.4. The molecule has 31 heavy (non-hydrogen) atoms. The van der Waals surface area contributed by atoms with Crippen LogP contribution < -0.4 is 4.72 Å². The smallest absolute Gasteiger partial charge is 0.261 e. The zero-order valence-corrected chi connectivity index (χ0v) is 19.0. The Bertz CT molecular complexity index is 1310. The number of halogens is 1. The molecule has 0 radical (unpaired) electrons. The summed E-state index contributed by atoms with van der Waals surface area (Å²) < 4.78 is 30.4. The normalized spacial score (nSPS) is 11.4. The summed E-state index contributed by atoms with van der Waals surface area (Å²) >= 11 is 7.68. The predicted octanol–water partition coefficient (Wildman–Crippen LogP) is 5.50. The number of thioether (sulfide) groups is 1. The number of anilines is 1. The Kier molecular flexibility index (Phi) is 6.31. The minimum atomic E-state index is -3.84. The summed E-state index contributed by atoms with van der Waals surface area (Å²) in [6, 6.07) is 23.1. The lowest BCUT2D eigenvalue weighted by Crippen LogP contribution is -2.13. The van der Waals surface area contributed by atoms with Crippen LogP contribution in [0.2, 0.25) is 5.02 Å². The first kappa shape index (κ1) is 21.4. The second kappa shape index (κ2) is 9.13. The Hall–Kier alpha value is -2.81. The minimum absolute atomic E-state index is 0.109. The van der Waals surface area contributed by atoms with Gasteiger partial charge in [-0.1, -0.05) is 72.8 Å². The van der Waals surface area contributed by atoms with Crippen LogP contribution in [0.3, 0.4) is 0 Å². The van der Waals surface area contributed by atoms with Crippen molar-refractivity contribution in [3.05, 3.63) is 83.9 Å². The highest BCUT2D eigenvalue weighted by atomic mass is 35.5. The molecule has 0 bridgehead atoms. The Morgan fingerprint density at radius 1 is 0.968 bits per heavy atom. The van der Waals surface area contributed by atoms with Gasteiger partial charge in [0, 0.05) is 11.3 Å². The van der Waals surface area contributed by atoms with Gasteiger partial charge in [0.25, 0.3) is 10.0 Å². The van der Waals surface area contributed by atoms with Crippen LogP contribution >= 0.6 is 23.4 Å². The van der Waals surface area contributed by atoms with Crippen molar-refractivity contribution in [2.45, 2.75) is 17.0 Å². The highest BCUT2D eigenvalue weighted by Gasteiger charge is 2.20. The van der Waals surface area contributed by atoms with Gasteiger partial charge in [-0.25, -0.2) is 8.42 Å². The lowest BCUT2D eigenvalue weighted by atomic mass is 10.2. The average Bonchev–Trinajstić information content (AvgIpc) is 3.20. The van der Waals surface area contributed by atoms with E-state index >= 15 is 0 Å². The van der Waals surface area contributed by atoms with Crippen LogP contribution in [0, 0.1) is 0 Å². The Labute approximate surface area is 190 Å². The summed E-state index contributed by atoms with van der Waals surface area (Å²) in [6.07, 6.45) is 0. The molecule has 0 aliphatic rings. The average molecular weight is 471 g/mol. The highest BCUT2D eigenvalue weighted by Crippen LogP contribution is 2.30. The molecule has 0 aliphatic carbocycles. The van der Waals surface area contributed by atoms with Crippen LogP contribution in [-0.4, -0.2) is 28.9 Å².